The van der Waals surface area contributed by atoms with Crippen LogP contribution in [0.3, 0.4) is 0 Å². The van der Waals surface area contributed by atoms with Crippen LogP contribution in [0, 0.1) is 0 Å². The van der Waals surface area contributed by atoms with Crippen molar-refractivity contribution in [1.29, 1.82) is 0 Å². The van der Waals surface area contributed by atoms with Crippen molar-refractivity contribution in [1.82, 2.24) is 9.97 Å². The molecule has 3 nitrogen and oxygen atoms in total. The smallest absolute Gasteiger partial charge is 0.340 e. The highest BCUT2D eigenvalue weighted by Gasteiger charge is 2.59. The fraction of sp³-hybridized carbons (Fsp3) is 0.412. The van der Waals surface area contributed by atoms with E-state index in [0.29, 0.717) is 0 Å². The van der Waals surface area contributed by atoms with Gasteiger partial charge >= 0.3 is 12.4 Å². The summed E-state index contributed by atoms with van der Waals surface area (Å²) in [7, 11) is 0. The van der Waals surface area contributed by atoms with Gasteiger partial charge in [-0.05, 0) is 24.1 Å². The Bertz CT molecular complexity index is 946. The van der Waals surface area contributed by atoms with Crippen molar-refractivity contribution < 1.29 is 26.3 Å². The van der Waals surface area contributed by atoms with Gasteiger partial charge in [0.1, 0.15) is 5.41 Å². The zero-order valence-electron chi connectivity index (χ0n) is 14.7. The van der Waals surface area contributed by atoms with Crippen molar-refractivity contribution in [2.75, 3.05) is 18.0 Å². The molecule has 1 aliphatic rings. The van der Waals surface area contributed by atoms with Crippen molar-refractivity contribution in [2.24, 2.45) is 0 Å². The van der Waals surface area contributed by atoms with Gasteiger partial charge in [-0.3, -0.25) is 0 Å². The second-order valence-corrected chi connectivity index (χ2v) is 8.43. The van der Waals surface area contributed by atoms with Gasteiger partial charge in [0.25, 0.3) is 0 Å². The number of benzene rings is 1. The number of hydrogen-bond acceptors (Lipinski definition) is 3. The Balaban J connectivity index is 2.05. The third kappa shape index (κ3) is 4.20. The molecule has 0 amide bonds. The van der Waals surface area contributed by atoms with Crippen LogP contribution in [-0.2, 0) is 16.9 Å². The Hall–Kier alpha value is -0.970. The second-order valence-electron chi connectivity index (χ2n) is 6.68. The first-order valence-electron chi connectivity index (χ1n) is 8.26. The molecular weight excluding hydrogens is 546 g/mol. The molecule has 2 heterocycles. The van der Waals surface area contributed by atoms with Gasteiger partial charge in [0, 0.05) is 30.2 Å². The third-order valence-electron chi connectivity index (χ3n) is 4.90. The minimum Gasteiger partial charge on any atom is -0.340 e. The van der Waals surface area contributed by atoms with E-state index in [-0.39, 0.29) is 38.1 Å². The first-order chi connectivity index (χ1) is 13.8. The van der Waals surface area contributed by atoms with Crippen LogP contribution in [0.15, 0.2) is 18.3 Å². The monoisotopic (exact) mass is 555 g/mol. The number of aromatic nitrogens is 2. The number of halogens is 10. The molecule has 164 valence electrons. The summed E-state index contributed by atoms with van der Waals surface area (Å²) in [6.45, 7) is -0.919. The van der Waals surface area contributed by atoms with Gasteiger partial charge in [-0.25, -0.2) is 9.97 Å². The summed E-state index contributed by atoms with van der Waals surface area (Å²) in [6.07, 6.45) is -9.02. The van der Waals surface area contributed by atoms with Crippen LogP contribution in [-0.4, -0.2) is 29.2 Å². The first kappa shape index (κ1) is 23.7. The lowest BCUT2D eigenvalue weighted by Crippen LogP contribution is -2.45. The Morgan fingerprint density at radius 2 is 1.67 bits per heavy atom. The molecule has 0 saturated carbocycles. The number of anilines is 1. The van der Waals surface area contributed by atoms with Crippen molar-refractivity contribution in [3.8, 4) is 0 Å². The fourth-order valence-electron chi connectivity index (χ4n) is 3.34. The summed E-state index contributed by atoms with van der Waals surface area (Å²) in [5.74, 6) is -0.440. The summed E-state index contributed by atoms with van der Waals surface area (Å²) in [6, 6.07) is 2.14. The molecule has 0 spiro atoms. The molecule has 0 N–H and O–H groups in total. The van der Waals surface area contributed by atoms with Crippen molar-refractivity contribution in [3.05, 3.63) is 50.2 Å². The molecular formula is C17H11BrCl3F6N3. The maximum absolute atomic E-state index is 14.2. The highest BCUT2D eigenvalue weighted by Crippen LogP contribution is 2.50. The van der Waals surface area contributed by atoms with Crippen LogP contribution in [0.2, 0.25) is 15.1 Å². The average molecular weight is 558 g/mol. The van der Waals surface area contributed by atoms with Crippen LogP contribution in [0.5, 0.6) is 0 Å². The van der Waals surface area contributed by atoms with Gasteiger partial charge in [-0.15, -0.1) is 0 Å². The Labute approximate surface area is 190 Å². The number of alkyl halides is 7. The maximum atomic E-state index is 14.2. The van der Waals surface area contributed by atoms with Crippen LogP contribution in [0.25, 0.3) is 0 Å². The SMILES string of the molecule is FC(F)(F)c1nc(N2CCC(c3cc(Cl)c(Cl)c(Cl)c3)(C(F)(F)F)C2)ncc1CBr. The molecule has 0 bridgehead atoms. The van der Waals surface area contributed by atoms with Crippen LogP contribution in [0.1, 0.15) is 23.2 Å². The van der Waals surface area contributed by atoms with E-state index in [1.807, 2.05) is 0 Å². The highest BCUT2D eigenvalue weighted by atomic mass is 79.9. The molecule has 0 radical (unpaired) electrons. The first-order valence-corrected chi connectivity index (χ1v) is 10.5. The standard InChI is InChI=1S/C17H11BrCl3F6N3/c18-5-8-6-28-14(29-13(8)16(22,23)24)30-2-1-15(7-30,17(25,26)27)9-3-10(19)12(21)11(20)4-9/h3-4,6H,1-2,5,7H2. The van der Waals surface area contributed by atoms with Gasteiger partial charge in [0.2, 0.25) is 5.95 Å². The lowest BCUT2D eigenvalue weighted by Gasteiger charge is -2.32. The molecule has 1 aliphatic heterocycles. The lowest BCUT2D eigenvalue weighted by molar-refractivity contribution is -0.184. The summed E-state index contributed by atoms with van der Waals surface area (Å²) in [4.78, 5) is 8.41. The molecule has 3 rings (SSSR count). The molecule has 13 heteroatoms. The summed E-state index contributed by atoms with van der Waals surface area (Å²) in [5.41, 5.74) is -4.08. The average Bonchev–Trinajstić information content (AvgIpc) is 3.11. The fourth-order valence-corrected chi connectivity index (χ4v) is 4.34. The van der Waals surface area contributed by atoms with Gasteiger partial charge < -0.3 is 4.90 Å². The Morgan fingerprint density at radius 3 is 2.17 bits per heavy atom. The molecule has 30 heavy (non-hydrogen) atoms. The molecule has 1 aromatic carbocycles. The molecule has 0 aliphatic carbocycles. The zero-order chi connectivity index (χ0) is 22.5. The van der Waals surface area contributed by atoms with Crippen LogP contribution < -0.4 is 4.90 Å². The summed E-state index contributed by atoms with van der Waals surface area (Å²) in [5, 5.41) is -0.550. The second kappa shape index (κ2) is 8.18. The molecule has 1 atom stereocenters. The topological polar surface area (TPSA) is 29.0 Å². The van der Waals surface area contributed by atoms with Gasteiger partial charge in [-0.1, -0.05) is 50.7 Å². The largest absolute Gasteiger partial charge is 0.433 e. The molecule has 1 fully saturated rings. The quantitative estimate of drug-likeness (QED) is 0.230. The normalized spacial score (nSPS) is 20.1. The van der Waals surface area contributed by atoms with Crippen molar-refractivity contribution in [2.45, 2.75) is 29.5 Å². The number of rotatable bonds is 3. The van der Waals surface area contributed by atoms with E-state index in [1.165, 1.54) is 0 Å². The Kier molecular flexibility index (Phi) is 6.46. The summed E-state index contributed by atoms with van der Waals surface area (Å²) >= 11 is 20.6. The molecule has 1 saturated heterocycles. The highest BCUT2D eigenvalue weighted by molar-refractivity contribution is 9.08. The van der Waals surface area contributed by atoms with E-state index >= 15 is 0 Å². The summed E-state index contributed by atoms with van der Waals surface area (Å²) < 4.78 is 82.4. The predicted octanol–water partition coefficient (Wildman–Crippen LogP) is 7.06. The minimum atomic E-state index is -4.78. The van der Waals surface area contributed by atoms with E-state index in [4.69, 9.17) is 34.8 Å². The van der Waals surface area contributed by atoms with Crippen molar-refractivity contribution >= 4 is 56.7 Å². The van der Waals surface area contributed by atoms with Gasteiger partial charge in [0.15, 0.2) is 5.69 Å². The van der Waals surface area contributed by atoms with E-state index in [0.717, 1.165) is 23.2 Å². The Morgan fingerprint density at radius 1 is 1.07 bits per heavy atom. The van der Waals surface area contributed by atoms with Gasteiger partial charge in [-0.2, -0.15) is 26.3 Å². The van der Waals surface area contributed by atoms with E-state index in [1.54, 1.807) is 0 Å². The van der Waals surface area contributed by atoms with Gasteiger partial charge in [0.05, 0.1) is 15.1 Å². The van der Waals surface area contributed by atoms with Crippen molar-refractivity contribution in [3.63, 3.8) is 0 Å². The number of nitrogens with zero attached hydrogens (tertiary/aromatic N) is 3. The number of hydrogen-bond donors (Lipinski definition) is 0. The van der Waals surface area contributed by atoms with Crippen LogP contribution >= 0.6 is 50.7 Å². The predicted molar refractivity (Wildman–Crippen MR) is 106 cm³/mol. The minimum absolute atomic E-state index is 0.0854. The third-order valence-corrected chi connectivity index (χ3v) is 6.70. The molecule has 2 aromatic rings. The lowest BCUT2D eigenvalue weighted by atomic mass is 9.79. The van der Waals surface area contributed by atoms with E-state index in [2.05, 4.69) is 25.9 Å². The zero-order valence-corrected chi connectivity index (χ0v) is 18.5. The molecule has 1 aromatic heterocycles. The van der Waals surface area contributed by atoms with E-state index in [9.17, 15) is 26.3 Å². The van der Waals surface area contributed by atoms with E-state index < -0.39 is 42.4 Å². The van der Waals surface area contributed by atoms with Crippen LogP contribution in [0.4, 0.5) is 32.3 Å². The maximum Gasteiger partial charge on any atom is 0.433 e. The molecule has 1 unspecified atom stereocenters.